The van der Waals surface area contributed by atoms with Gasteiger partial charge in [-0.25, -0.2) is 0 Å². The highest BCUT2D eigenvalue weighted by Gasteiger charge is 2.48. The first-order chi connectivity index (χ1) is 13.1. The third-order valence-corrected chi connectivity index (χ3v) is 7.05. The topological polar surface area (TPSA) is 56.4 Å². The van der Waals surface area contributed by atoms with E-state index in [0.717, 1.165) is 38.9 Å². The Balaban J connectivity index is 1.45. The van der Waals surface area contributed by atoms with Gasteiger partial charge in [-0.15, -0.1) is 0 Å². The molecule has 4 rings (SSSR count). The molecule has 3 N–H and O–H groups in total. The molecule has 2 heterocycles. The molecule has 0 aromatic heterocycles. The molecule has 0 bridgehead atoms. The summed E-state index contributed by atoms with van der Waals surface area (Å²) in [5.41, 5.74) is 8.95. The third-order valence-electron chi connectivity index (χ3n) is 7.05. The first kappa shape index (κ1) is 18.9. The number of nitrogens with zero attached hydrogens (tertiary/aromatic N) is 1. The molecule has 5 nitrogen and oxygen atoms in total. The highest BCUT2D eigenvalue weighted by atomic mass is 16.2. The predicted octanol–water partition coefficient (Wildman–Crippen LogP) is 2.02. The summed E-state index contributed by atoms with van der Waals surface area (Å²) in [6.07, 6.45) is 6.43. The van der Waals surface area contributed by atoms with Crippen LogP contribution in [0.4, 0.5) is 0 Å². The monoisotopic (exact) mass is 370 g/mol. The second-order valence-electron chi connectivity index (χ2n) is 8.78. The van der Waals surface area contributed by atoms with Crippen molar-refractivity contribution >= 4 is 5.91 Å². The van der Waals surface area contributed by atoms with Crippen LogP contribution in [0.5, 0.6) is 0 Å². The average molecular weight is 371 g/mol. The highest BCUT2D eigenvalue weighted by molar-refractivity contribution is 5.88. The molecule has 2 unspecified atom stereocenters. The smallest absolute Gasteiger partial charge is 0.241 e. The number of carbonyl (C=O) groups excluding carboxylic acids is 1. The molecule has 2 saturated heterocycles. The summed E-state index contributed by atoms with van der Waals surface area (Å²) in [7, 11) is 0. The van der Waals surface area contributed by atoms with E-state index in [1.807, 2.05) is 0 Å². The lowest BCUT2D eigenvalue weighted by molar-refractivity contribution is -0.134. The zero-order chi connectivity index (χ0) is 18.9. The molecular formula is C22H34N4O. The number of rotatable bonds is 5. The van der Waals surface area contributed by atoms with Gasteiger partial charge in [-0.05, 0) is 63.2 Å². The Labute approximate surface area is 163 Å². The first-order valence-electron chi connectivity index (χ1n) is 10.7. The van der Waals surface area contributed by atoms with Crippen LogP contribution < -0.4 is 16.2 Å². The van der Waals surface area contributed by atoms with Crippen LogP contribution in [-0.4, -0.2) is 48.1 Å². The minimum Gasteiger partial charge on any atom is -0.354 e. The molecule has 27 heavy (non-hydrogen) atoms. The lowest BCUT2D eigenvalue weighted by atomic mass is 9.89. The summed E-state index contributed by atoms with van der Waals surface area (Å²) in [4.78, 5) is 16.0. The number of amides is 1. The molecule has 2 aliphatic heterocycles. The number of nitrogens with one attached hydrogen (secondary N) is 3. The predicted molar refractivity (Wildman–Crippen MR) is 108 cm³/mol. The molecule has 1 aromatic carbocycles. The van der Waals surface area contributed by atoms with Crippen LogP contribution in [0, 0.1) is 5.92 Å². The van der Waals surface area contributed by atoms with E-state index in [2.05, 4.69) is 59.2 Å². The number of hydrogen-bond acceptors (Lipinski definition) is 4. The Morgan fingerprint density at radius 3 is 2.26 bits per heavy atom. The van der Waals surface area contributed by atoms with Gasteiger partial charge in [0.05, 0.1) is 0 Å². The summed E-state index contributed by atoms with van der Waals surface area (Å²) in [6, 6.07) is 9.51. The molecule has 2 fully saturated rings. The lowest BCUT2D eigenvalue weighted by Crippen LogP contribution is -2.61. The second-order valence-corrected chi connectivity index (χ2v) is 8.78. The van der Waals surface area contributed by atoms with Crippen LogP contribution in [-0.2, 0) is 17.6 Å². The SMILES string of the molecule is CC1NNC(C)C1CCNC(=O)C1(N2CCCCC2)Cc2ccccc2C1. The van der Waals surface area contributed by atoms with Crippen LogP contribution in [0.25, 0.3) is 0 Å². The standard InChI is InChI=1S/C22H34N4O/c1-16-20(17(2)25-24-16)10-11-23-21(27)22(26-12-6-3-7-13-26)14-18-8-4-5-9-19(18)15-22/h4-5,8-9,16-17,20,24-25H,3,6-7,10-15H2,1-2H3,(H,23,27). The summed E-state index contributed by atoms with van der Waals surface area (Å²) in [6.45, 7) is 7.28. The molecule has 0 spiro atoms. The maximum Gasteiger partial charge on any atom is 0.241 e. The number of piperidine rings is 1. The van der Waals surface area contributed by atoms with E-state index in [-0.39, 0.29) is 11.4 Å². The molecule has 0 radical (unpaired) electrons. The highest BCUT2D eigenvalue weighted by Crippen LogP contribution is 2.36. The van der Waals surface area contributed by atoms with E-state index in [0.29, 0.717) is 18.0 Å². The van der Waals surface area contributed by atoms with E-state index in [1.165, 1.54) is 30.4 Å². The molecule has 1 amide bonds. The number of carbonyl (C=O) groups is 1. The maximum atomic E-state index is 13.5. The van der Waals surface area contributed by atoms with Gasteiger partial charge in [0.15, 0.2) is 0 Å². The first-order valence-corrected chi connectivity index (χ1v) is 10.7. The summed E-state index contributed by atoms with van der Waals surface area (Å²) >= 11 is 0. The van der Waals surface area contributed by atoms with Gasteiger partial charge in [0.2, 0.25) is 5.91 Å². The number of fused-ring (bicyclic) bond motifs is 1. The van der Waals surface area contributed by atoms with Crippen molar-refractivity contribution in [1.82, 2.24) is 21.1 Å². The minimum atomic E-state index is -0.381. The summed E-state index contributed by atoms with van der Waals surface area (Å²) in [5, 5.41) is 3.33. The van der Waals surface area contributed by atoms with E-state index in [9.17, 15) is 4.79 Å². The van der Waals surface area contributed by atoms with Crippen LogP contribution in [0.1, 0.15) is 50.7 Å². The maximum absolute atomic E-state index is 13.5. The lowest BCUT2D eigenvalue weighted by Gasteiger charge is -2.42. The van der Waals surface area contributed by atoms with Gasteiger partial charge in [-0.1, -0.05) is 30.7 Å². The average Bonchev–Trinajstić information content (AvgIpc) is 3.24. The molecule has 5 heteroatoms. The fourth-order valence-corrected chi connectivity index (χ4v) is 5.37. The Kier molecular flexibility index (Phi) is 5.53. The Bertz CT molecular complexity index is 635. The normalized spacial score (nSPS) is 30.2. The Hall–Kier alpha value is -1.43. The van der Waals surface area contributed by atoms with E-state index in [4.69, 9.17) is 0 Å². The van der Waals surface area contributed by atoms with Crippen LogP contribution >= 0.6 is 0 Å². The molecule has 2 atom stereocenters. The number of hydrogen-bond donors (Lipinski definition) is 3. The quantitative estimate of drug-likeness (QED) is 0.742. The van der Waals surface area contributed by atoms with Crippen LogP contribution in [0.2, 0.25) is 0 Å². The number of benzene rings is 1. The Morgan fingerprint density at radius 2 is 1.67 bits per heavy atom. The van der Waals surface area contributed by atoms with Crippen LogP contribution in [0.3, 0.4) is 0 Å². The molecule has 148 valence electrons. The Morgan fingerprint density at radius 1 is 1.07 bits per heavy atom. The van der Waals surface area contributed by atoms with Crippen molar-refractivity contribution in [2.45, 2.75) is 70.0 Å². The van der Waals surface area contributed by atoms with Crippen molar-refractivity contribution in [2.75, 3.05) is 19.6 Å². The molecule has 1 aromatic rings. The zero-order valence-electron chi connectivity index (χ0n) is 16.8. The molecule has 1 aliphatic carbocycles. The van der Waals surface area contributed by atoms with Crippen molar-refractivity contribution in [2.24, 2.45) is 5.92 Å². The fraction of sp³-hybridized carbons (Fsp3) is 0.682. The van der Waals surface area contributed by atoms with Crippen LogP contribution in [0.15, 0.2) is 24.3 Å². The molecular weight excluding hydrogens is 336 g/mol. The van der Waals surface area contributed by atoms with Gasteiger partial charge in [0.1, 0.15) is 5.54 Å². The fourth-order valence-electron chi connectivity index (χ4n) is 5.37. The molecule has 3 aliphatic rings. The van der Waals surface area contributed by atoms with E-state index < -0.39 is 0 Å². The van der Waals surface area contributed by atoms with Gasteiger partial charge >= 0.3 is 0 Å². The van der Waals surface area contributed by atoms with E-state index >= 15 is 0 Å². The van der Waals surface area contributed by atoms with Gasteiger partial charge in [-0.3, -0.25) is 20.5 Å². The number of likely N-dealkylation sites (tertiary alicyclic amines) is 1. The van der Waals surface area contributed by atoms with Gasteiger partial charge in [0, 0.05) is 31.5 Å². The van der Waals surface area contributed by atoms with Gasteiger partial charge in [-0.2, -0.15) is 0 Å². The van der Waals surface area contributed by atoms with Crippen molar-refractivity contribution in [3.05, 3.63) is 35.4 Å². The van der Waals surface area contributed by atoms with Crippen molar-refractivity contribution in [1.29, 1.82) is 0 Å². The summed E-state index contributed by atoms with van der Waals surface area (Å²) < 4.78 is 0. The second kappa shape index (κ2) is 7.90. The van der Waals surface area contributed by atoms with Crippen molar-refractivity contribution in [3.8, 4) is 0 Å². The molecule has 0 saturated carbocycles. The van der Waals surface area contributed by atoms with Crippen molar-refractivity contribution < 1.29 is 4.79 Å². The largest absolute Gasteiger partial charge is 0.354 e. The summed E-state index contributed by atoms with van der Waals surface area (Å²) in [5.74, 6) is 0.789. The van der Waals surface area contributed by atoms with Crippen molar-refractivity contribution in [3.63, 3.8) is 0 Å². The van der Waals surface area contributed by atoms with Gasteiger partial charge in [0.25, 0.3) is 0 Å². The third kappa shape index (κ3) is 3.65. The van der Waals surface area contributed by atoms with Gasteiger partial charge < -0.3 is 5.32 Å². The number of hydrazine groups is 1. The minimum absolute atomic E-state index is 0.236. The zero-order valence-corrected chi connectivity index (χ0v) is 16.8. The van der Waals surface area contributed by atoms with E-state index in [1.54, 1.807) is 0 Å².